The van der Waals surface area contributed by atoms with Gasteiger partial charge in [0.1, 0.15) is 0 Å². The first kappa shape index (κ1) is 21.6. The summed E-state index contributed by atoms with van der Waals surface area (Å²) in [6.45, 7) is 5.76. The molecule has 1 amide bonds. The smallest absolute Gasteiger partial charge is 0.264 e. The van der Waals surface area contributed by atoms with Gasteiger partial charge in [-0.15, -0.1) is 0 Å². The molecule has 0 saturated carbocycles. The number of benzene rings is 3. The predicted molar refractivity (Wildman–Crippen MR) is 120 cm³/mol. The first-order valence-electron chi connectivity index (χ1n) is 9.73. The molecular weight excluding hydrogens is 396 g/mol. The van der Waals surface area contributed by atoms with Crippen LogP contribution in [0.25, 0.3) is 0 Å². The number of amides is 1. The maximum atomic E-state index is 12.9. The van der Waals surface area contributed by atoms with E-state index in [2.05, 4.69) is 5.32 Å². The highest BCUT2D eigenvalue weighted by Gasteiger charge is 2.23. The van der Waals surface area contributed by atoms with Gasteiger partial charge >= 0.3 is 0 Å². The van der Waals surface area contributed by atoms with Gasteiger partial charge in [0.15, 0.2) is 0 Å². The Hall–Kier alpha value is -3.12. The lowest BCUT2D eigenvalue weighted by Crippen LogP contribution is -2.28. The van der Waals surface area contributed by atoms with Gasteiger partial charge in [-0.05, 0) is 67.8 Å². The van der Waals surface area contributed by atoms with Crippen molar-refractivity contribution in [2.75, 3.05) is 11.4 Å². The normalized spacial score (nSPS) is 12.3. The molecule has 5 nitrogen and oxygen atoms in total. The molecule has 0 aliphatic rings. The molecule has 0 aliphatic carbocycles. The van der Waals surface area contributed by atoms with Crippen LogP contribution in [-0.2, 0) is 10.0 Å². The summed E-state index contributed by atoms with van der Waals surface area (Å²) in [5.74, 6) is -0.200. The van der Waals surface area contributed by atoms with Crippen molar-refractivity contribution in [3.05, 3.63) is 95.1 Å². The van der Waals surface area contributed by atoms with Crippen molar-refractivity contribution in [3.8, 4) is 0 Å². The fourth-order valence-electron chi connectivity index (χ4n) is 3.46. The van der Waals surface area contributed by atoms with Crippen molar-refractivity contribution < 1.29 is 13.2 Å². The van der Waals surface area contributed by atoms with E-state index in [4.69, 9.17) is 0 Å². The Morgan fingerprint density at radius 1 is 0.900 bits per heavy atom. The monoisotopic (exact) mass is 422 g/mol. The van der Waals surface area contributed by atoms with Crippen molar-refractivity contribution in [2.45, 2.75) is 31.7 Å². The highest BCUT2D eigenvalue weighted by molar-refractivity contribution is 7.92. The molecule has 0 aromatic heterocycles. The third-order valence-corrected chi connectivity index (χ3v) is 6.99. The molecule has 0 unspecified atom stereocenters. The third-order valence-electron chi connectivity index (χ3n) is 5.20. The standard InChI is InChI=1S/C24H26N2O3S/c1-17-10-8-9-13-22(17)19(3)25-24(27)20-14-15-23(18(2)16-20)26(4)30(28,29)21-11-6-5-7-12-21/h5-16,19H,1-4H3,(H,25,27)/t19-/m1/s1. The van der Waals surface area contributed by atoms with Crippen molar-refractivity contribution in [2.24, 2.45) is 0 Å². The number of carbonyl (C=O) groups excluding carboxylic acids is 1. The summed E-state index contributed by atoms with van der Waals surface area (Å²) >= 11 is 0. The van der Waals surface area contributed by atoms with Gasteiger partial charge in [0, 0.05) is 12.6 Å². The van der Waals surface area contributed by atoms with Crippen LogP contribution >= 0.6 is 0 Å². The number of hydrogen-bond acceptors (Lipinski definition) is 3. The lowest BCUT2D eigenvalue weighted by molar-refractivity contribution is 0.0939. The van der Waals surface area contributed by atoms with Crippen LogP contribution < -0.4 is 9.62 Å². The Labute approximate surface area is 178 Å². The summed E-state index contributed by atoms with van der Waals surface area (Å²) in [6, 6.07) is 21.1. The van der Waals surface area contributed by atoms with Gasteiger partial charge < -0.3 is 5.32 Å². The average molecular weight is 423 g/mol. The van der Waals surface area contributed by atoms with Crippen LogP contribution in [0.3, 0.4) is 0 Å². The molecular formula is C24H26N2O3S. The zero-order valence-electron chi connectivity index (χ0n) is 17.6. The van der Waals surface area contributed by atoms with Gasteiger partial charge in [-0.3, -0.25) is 9.10 Å². The Bertz CT molecular complexity index is 1160. The minimum Gasteiger partial charge on any atom is -0.346 e. The average Bonchev–Trinajstić information content (AvgIpc) is 2.74. The van der Waals surface area contributed by atoms with Crippen LogP contribution in [0.5, 0.6) is 0 Å². The summed E-state index contributed by atoms with van der Waals surface area (Å²) in [6.07, 6.45) is 0. The summed E-state index contributed by atoms with van der Waals surface area (Å²) in [7, 11) is -2.16. The lowest BCUT2D eigenvalue weighted by atomic mass is 10.0. The van der Waals surface area contributed by atoms with Gasteiger partial charge in [-0.25, -0.2) is 8.42 Å². The molecule has 6 heteroatoms. The summed E-state index contributed by atoms with van der Waals surface area (Å²) in [5, 5.41) is 3.01. The summed E-state index contributed by atoms with van der Waals surface area (Å²) < 4.78 is 27.0. The first-order chi connectivity index (χ1) is 14.2. The van der Waals surface area contributed by atoms with Gasteiger partial charge in [0.05, 0.1) is 16.6 Å². The molecule has 1 atom stereocenters. The van der Waals surface area contributed by atoms with E-state index in [0.717, 1.165) is 11.1 Å². The topological polar surface area (TPSA) is 66.5 Å². The van der Waals surface area contributed by atoms with Crippen LogP contribution in [0.2, 0.25) is 0 Å². The van der Waals surface area contributed by atoms with Gasteiger partial charge in [0.25, 0.3) is 15.9 Å². The van der Waals surface area contributed by atoms with Crippen LogP contribution in [0.1, 0.15) is 40.0 Å². The van der Waals surface area contributed by atoms with E-state index >= 15 is 0 Å². The number of carbonyl (C=O) groups is 1. The number of nitrogens with one attached hydrogen (secondary N) is 1. The van der Waals surface area contributed by atoms with E-state index in [1.54, 1.807) is 55.5 Å². The second kappa shape index (κ2) is 8.71. The number of rotatable bonds is 6. The molecule has 0 bridgehead atoms. The maximum Gasteiger partial charge on any atom is 0.264 e. The number of hydrogen-bond donors (Lipinski definition) is 1. The van der Waals surface area contributed by atoms with Crippen molar-refractivity contribution in [1.29, 1.82) is 0 Å². The maximum absolute atomic E-state index is 12.9. The van der Waals surface area contributed by atoms with Crippen LogP contribution in [-0.4, -0.2) is 21.4 Å². The Kier molecular flexibility index (Phi) is 6.27. The predicted octanol–water partition coefficient (Wildman–Crippen LogP) is 4.62. The number of sulfonamides is 1. The van der Waals surface area contributed by atoms with Crippen LogP contribution in [0.4, 0.5) is 5.69 Å². The molecule has 3 rings (SSSR count). The van der Waals surface area contributed by atoms with E-state index in [1.165, 1.54) is 11.4 Å². The first-order valence-corrected chi connectivity index (χ1v) is 11.2. The minimum absolute atomic E-state index is 0.139. The molecule has 0 aliphatic heterocycles. The Morgan fingerprint density at radius 3 is 2.17 bits per heavy atom. The fourth-order valence-corrected chi connectivity index (χ4v) is 4.74. The van der Waals surface area contributed by atoms with Crippen LogP contribution in [0, 0.1) is 13.8 Å². The number of nitrogens with zero attached hydrogens (tertiary/aromatic N) is 1. The number of aryl methyl sites for hydroxylation is 2. The van der Waals surface area contributed by atoms with E-state index in [9.17, 15) is 13.2 Å². The third kappa shape index (κ3) is 4.39. The van der Waals surface area contributed by atoms with E-state index in [-0.39, 0.29) is 16.8 Å². The van der Waals surface area contributed by atoms with Crippen LogP contribution in [0.15, 0.2) is 77.7 Å². The molecule has 30 heavy (non-hydrogen) atoms. The van der Waals surface area contributed by atoms with E-state index < -0.39 is 10.0 Å². The fraction of sp³-hybridized carbons (Fsp3) is 0.208. The van der Waals surface area contributed by atoms with E-state index in [0.29, 0.717) is 16.8 Å². The zero-order valence-corrected chi connectivity index (χ0v) is 18.4. The molecule has 0 fully saturated rings. The zero-order chi connectivity index (χ0) is 21.9. The second-order valence-corrected chi connectivity index (χ2v) is 9.31. The van der Waals surface area contributed by atoms with Crippen molar-refractivity contribution >= 4 is 21.6 Å². The number of anilines is 1. The summed E-state index contributed by atoms with van der Waals surface area (Å²) in [4.78, 5) is 13.0. The Morgan fingerprint density at radius 2 is 1.53 bits per heavy atom. The Balaban J connectivity index is 1.81. The van der Waals surface area contributed by atoms with Gasteiger partial charge in [-0.1, -0.05) is 42.5 Å². The van der Waals surface area contributed by atoms with Crippen molar-refractivity contribution in [3.63, 3.8) is 0 Å². The highest BCUT2D eigenvalue weighted by Crippen LogP contribution is 2.26. The molecule has 1 N–H and O–H groups in total. The largest absolute Gasteiger partial charge is 0.346 e. The molecule has 0 heterocycles. The highest BCUT2D eigenvalue weighted by atomic mass is 32.2. The molecule has 0 saturated heterocycles. The molecule has 3 aromatic rings. The molecule has 3 aromatic carbocycles. The van der Waals surface area contributed by atoms with Gasteiger partial charge in [-0.2, -0.15) is 0 Å². The second-order valence-electron chi connectivity index (χ2n) is 7.34. The summed E-state index contributed by atoms with van der Waals surface area (Å²) in [5.41, 5.74) is 3.90. The SMILES string of the molecule is Cc1ccccc1[C@@H](C)NC(=O)c1ccc(N(C)S(=O)(=O)c2ccccc2)c(C)c1. The lowest BCUT2D eigenvalue weighted by Gasteiger charge is -2.22. The van der Waals surface area contributed by atoms with Crippen molar-refractivity contribution in [1.82, 2.24) is 5.32 Å². The van der Waals surface area contributed by atoms with E-state index in [1.807, 2.05) is 38.1 Å². The molecule has 156 valence electrons. The molecule has 0 spiro atoms. The quantitative estimate of drug-likeness (QED) is 0.630. The van der Waals surface area contributed by atoms with Gasteiger partial charge in [0.2, 0.25) is 0 Å². The molecule has 0 radical (unpaired) electrons. The minimum atomic E-state index is -3.67.